The topological polar surface area (TPSA) is 141 Å². The first kappa shape index (κ1) is 34.5. The third kappa shape index (κ3) is 7.68. The smallest absolute Gasteiger partial charge is 0.322 e. The molecule has 2 atom stereocenters. The van der Waals surface area contributed by atoms with Crippen LogP contribution in [0.4, 0.5) is 19.7 Å². The van der Waals surface area contributed by atoms with Gasteiger partial charge in [-0.3, -0.25) is 4.79 Å². The molecule has 2 unspecified atom stereocenters. The predicted molar refractivity (Wildman–Crippen MR) is 188 cm³/mol. The number of fused-ring (bicyclic) bond motifs is 2. The van der Waals surface area contributed by atoms with Crippen LogP contribution >= 0.6 is 11.6 Å². The first-order chi connectivity index (χ1) is 23.5. The van der Waals surface area contributed by atoms with Crippen molar-refractivity contribution in [1.82, 2.24) is 39.8 Å². The Labute approximate surface area is 286 Å². The SMILES string of the molecule is CC(NC(=O)N(C)C)c1c[nH]c(=O)c2ccccc12.CC(c1cnc(-n2cncn2)c2ccccc12)N(C)C(=O)Nc1ccc(F)c(Cl)c1. The van der Waals surface area contributed by atoms with E-state index >= 15 is 0 Å². The van der Waals surface area contributed by atoms with Crippen LogP contribution in [0.5, 0.6) is 0 Å². The number of halogens is 2. The molecule has 252 valence electrons. The molecule has 3 N–H and O–H groups in total. The molecule has 3 aromatic carbocycles. The van der Waals surface area contributed by atoms with Crippen molar-refractivity contribution in [1.29, 1.82) is 0 Å². The third-order valence-electron chi connectivity index (χ3n) is 8.02. The average Bonchev–Trinajstić information content (AvgIpc) is 3.64. The maximum absolute atomic E-state index is 13.4. The Balaban J connectivity index is 0.000000212. The number of carbonyl (C=O) groups excluding carboxylic acids is 2. The summed E-state index contributed by atoms with van der Waals surface area (Å²) in [6.45, 7) is 3.80. The molecule has 3 heterocycles. The lowest BCUT2D eigenvalue weighted by atomic mass is 10.0. The van der Waals surface area contributed by atoms with Crippen LogP contribution in [-0.4, -0.2) is 67.7 Å². The number of hydrogen-bond acceptors (Lipinski definition) is 6. The van der Waals surface area contributed by atoms with Crippen molar-refractivity contribution in [2.75, 3.05) is 26.5 Å². The first-order valence-corrected chi connectivity index (χ1v) is 15.6. The number of carbonyl (C=O) groups is 2. The van der Waals surface area contributed by atoms with Crippen LogP contribution in [0.2, 0.25) is 5.02 Å². The summed E-state index contributed by atoms with van der Waals surface area (Å²) in [4.78, 5) is 50.4. The number of amides is 4. The number of aromatic amines is 1. The minimum atomic E-state index is -0.540. The highest BCUT2D eigenvalue weighted by atomic mass is 35.5. The Morgan fingerprint density at radius 2 is 1.57 bits per heavy atom. The zero-order valence-electron chi connectivity index (χ0n) is 27.5. The van der Waals surface area contributed by atoms with Gasteiger partial charge in [0.1, 0.15) is 18.5 Å². The number of nitrogens with zero attached hydrogens (tertiary/aromatic N) is 6. The van der Waals surface area contributed by atoms with Crippen molar-refractivity contribution in [3.05, 3.63) is 124 Å². The summed E-state index contributed by atoms with van der Waals surface area (Å²) in [5, 5.41) is 13.1. The molecule has 0 spiro atoms. The summed E-state index contributed by atoms with van der Waals surface area (Å²) in [6, 6.07) is 18.2. The number of H-pyrrole nitrogens is 1. The molecule has 0 saturated carbocycles. The van der Waals surface area contributed by atoms with Crippen molar-refractivity contribution >= 4 is 50.9 Å². The largest absolute Gasteiger partial charge is 0.331 e. The predicted octanol–water partition coefficient (Wildman–Crippen LogP) is 6.69. The van der Waals surface area contributed by atoms with E-state index in [4.69, 9.17) is 11.6 Å². The van der Waals surface area contributed by atoms with Crippen molar-refractivity contribution in [2.45, 2.75) is 25.9 Å². The minimum absolute atomic E-state index is 0.0533. The second-order valence-electron chi connectivity index (χ2n) is 11.5. The maximum atomic E-state index is 13.4. The number of rotatable bonds is 6. The summed E-state index contributed by atoms with van der Waals surface area (Å²) >= 11 is 5.80. The van der Waals surface area contributed by atoms with E-state index in [-0.39, 0.29) is 34.7 Å². The molecule has 0 aliphatic heterocycles. The number of aromatic nitrogens is 5. The van der Waals surface area contributed by atoms with Crippen molar-refractivity contribution in [3.8, 4) is 5.82 Å². The monoisotopic (exact) mass is 683 g/mol. The molecule has 0 saturated heterocycles. The van der Waals surface area contributed by atoms with E-state index in [1.54, 1.807) is 55.5 Å². The molecule has 4 amide bonds. The van der Waals surface area contributed by atoms with Gasteiger partial charge < -0.3 is 25.4 Å². The zero-order chi connectivity index (χ0) is 35.2. The van der Waals surface area contributed by atoms with Gasteiger partial charge in [-0.2, -0.15) is 5.10 Å². The van der Waals surface area contributed by atoms with Gasteiger partial charge in [-0.05, 0) is 54.4 Å². The molecule has 0 aliphatic carbocycles. The molecule has 6 rings (SSSR count). The first-order valence-electron chi connectivity index (χ1n) is 15.3. The molecule has 0 fully saturated rings. The van der Waals surface area contributed by atoms with E-state index in [1.165, 1.54) is 29.4 Å². The van der Waals surface area contributed by atoms with Gasteiger partial charge >= 0.3 is 12.1 Å². The van der Waals surface area contributed by atoms with Crippen LogP contribution in [0.1, 0.15) is 37.1 Å². The second kappa shape index (κ2) is 14.9. The van der Waals surface area contributed by atoms with Crippen LogP contribution in [-0.2, 0) is 0 Å². The molecular formula is C35H35ClFN9O3. The lowest BCUT2D eigenvalue weighted by Crippen LogP contribution is -2.36. The van der Waals surface area contributed by atoms with E-state index in [1.807, 2.05) is 56.3 Å². The Bertz CT molecular complexity index is 2170. The van der Waals surface area contributed by atoms with Gasteiger partial charge in [0.2, 0.25) is 0 Å². The maximum Gasteiger partial charge on any atom is 0.322 e. The fourth-order valence-electron chi connectivity index (χ4n) is 5.18. The van der Waals surface area contributed by atoms with Crippen molar-refractivity contribution in [3.63, 3.8) is 0 Å². The number of benzene rings is 3. The third-order valence-corrected chi connectivity index (χ3v) is 8.31. The molecule has 49 heavy (non-hydrogen) atoms. The summed E-state index contributed by atoms with van der Waals surface area (Å²) < 4.78 is 15.0. The fourth-order valence-corrected chi connectivity index (χ4v) is 5.37. The number of pyridine rings is 2. The lowest BCUT2D eigenvalue weighted by molar-refractivity contribution is 0.208. The summed E-state index contributed by atoms with van der Waals surface area (Å²) in [6.07, 6.45) is 6.44. The lowest BCUT2D eigenvalue weighted by Gasteiger charge is -2.26. The number of urea groups is 2. The summed E-state index contributed by atoms with van der Waals surface area (Å²) in [5.74, 6) is 0.119. The molecule has 6 aromatic rings. The van der Waals surface area contributed by atoms with Crippen molar-refractivity contribution < 1.29 is 14.0 Å². The van der Waals surface area contributed by atoms with Crippen LogP contribution in [0.3, 0.4) is 0 Å². The van der Waals surface area contributed by atoms with E-state index in [9.17, 15) is 18.8 Å². The van der Waals surface area contributed by atoms with Crippen LogP contribution in [0, 0.1) is 5.82 Å². The van der Waals surface area contributed by atoms with Crippen LogP contribution in [0.25, 0.3) is 27.4 Å². The molecule has 0 radical (unpaired) electrons. The minimum Gasteiger partial charge on any atom is -0.331 e. The highest BCUT2D eigenvalue weighted by Gasteiger charge is 2.22. The zero-order valence-corrected chi connectivity index (χ0v) is 28.2. The number of anilines is 1. The Morgan fingerprint density at radius 1 is 0.918 bits per heavy atom. The normalized spacial score (nSPS) is 12.1. The molecule has 0 aliphatic rings. The van der Waals surface area contributed by atoms with Gasteiger partial charge in [0, 0.05) is 55.6 Å². The molecule has 12 nitrogen and oxygen atoms in total. The van der Waals surface area contributed by atoms with Gasteiger partial charge in [0.15, 0.2) is 5.82 Å². The van der Waals surface area contributed by atoms with Gasteiger partial charge in [0.05, 0.1) is 17.1 Å². The highest BCUT2D eigenvalue weighted by Crippen LogP contribution is 2.30. The molecule has 0 bridgehead atoms. The van der Waals surface area contributed by atoms with E-state index in [0.717, 1.165) is 27.3 Å². The molecule has 14 heteroatoms. The quantitative estimate of drug-likeness (QED) is 0.179. The summed E-state index contributed by atoms with van der Waals surface area (Å²) in [5.41, 5.74) is 2.06. The summed E-state index contributed by atoms with van der Waals surface area (Å²) in [7, 11) is 5.06. The van der Waals surface area contributed by atoms with Gasteiger partial charge in [0.25, 0.3) is 5.56 Å². The molecule has 3 aromatic heterocycles. The number of nitrogens with one attached hydrogen (secondary N) is 3. The Kier molecular flexibility index (Phi) is 10.5. The standard InChI is InChI=1S/C21H18ClFN6O.C14H17N3O2/c1-13(28(2)21(30)27-14-7-8-19(23)18(22)9-14)17-10-25-20(29-12-24-11-26-29)16-6-4-3-5-15(16)17;1-9(16-14(19)17(2)3)12-8-15-13(18)11-7-5-4-6-10(11)12/h3-13H,1-2H3,(H,27,30);4-9H,1-3H3,(H,15,18)(H,16,19). The molecular weight excluding hydrogens is 649 g/mol. The Morgan fingerprint density at radius 3 is 2.20 bits per heavy atom. The van der Waals surface area contributed by atoms with Gasteiger partial charge in [-0.1, -0.05) is 54.1 Å². The van der Waals surface area contributed by atoms with E-state index in [0.29, 0.717) is 16.9 Å². The van der Waals surface area contributed by atoms with Crippen LogP contribution < -0.4 is 16.2 Å². The highest BCUT2D eigenvalue weighted by molar-refractivity contribution is 6.31. The Hall–Kier alpha value is -5.82. The van der Waals surface area contributed by atoms with Gasteiger partial charge in [-0.15, -0.1) is 0 Å². The van der Waals surface area contributed by atoms with Crippen molar-refractivity contribution in [2.24, 2.45) is 0 Å². The average molecular weight is 684 g/mol. The number of hydrogen-bond donors (Lipinski definition) is 3. The van der Waals surface area contributed by atoms with Crippen LogP contribution in [0.15, 0.2) is 96.6 Å². The second-order valence-corrected chi connectivity index (χ2v) is 11.9. The van der Waals surface area contributed by atoms with E-state index < -0.39 is 5.82 Å². The van der Waals surface area contributed by atoms with E-state index in [2.05, 4.69) is 30.7 Å². The fraction of sp³-hybridized carbons (Fsp3) is 0.200. The van der Waals surface area contributed by atoms with Gasteiger partial charge in [-0.25, -0.2) is 28.6 Å².